The predicted molar refractivity (Wildman–Crippen MR) is 187 cm³/mol. The van der Waals surface area contributed by atoms with Crippen molar-refractivity contribution in [2.24, 2.45) is 10.8 Å². The summed E-state index contributed by atoms with van der Waals surface area (Å²) >= 11 is 3.57. The minimum absolute atomic E-state index is 0. The largest absolute Gasteiger partial charge is 0.0876 e. The van der Waals surface area contributed by atoms with E-state index in [2.05, 4.69) is 113 Å². The van der Waals surface area contributed by atoms with E-state index in [-0.39, 0.29) is 64.8 Å². The molecule has 0 fully saturated rings. The van der Waals surface area contributed by atoms with E-state index in [0.717, 1.165) is 5.33 Å². The quantitative estimate of drug-likeness (QED) is 0.243. The van der Waals surface area contributed by atoms with E-state index in [0.29, 0.717) is 17.3 Å². The molecule has 0 aliphatic heterocycles. The molecule has 224 valence electrons. The highest BCUT2D eigenvalue weighted by molar-refractivity contribution is 9.08. The van der Waals surface area contributed by atoms with Crippen molar-refractivity contribution in [3.8, 4) is 0 Å². The zero-order chi connectivity index (χ0) is 21.7. The number of hydrogen-bond acceptors (Lipinski definition) is 0. The van der Waals surface area contributed by atoms with Crippen molar-refractivity contribution < 1.29 is 0 Å². The van der Waals surface area contributed by atoms with Gasteiger partial charge < -0.3 is 0 Å². The first-order chi connectivity index (χ1) is 13.6. The zero-order valence-electron chi connectivity index (χ0n) is 19.7. The second-order valence-corrected chi connectivity index (χ2v) is 10.7. The lowest BCUT2D eigenvalue weighted by atomic mass is 9.65. The highest BCUT2D eigenvalue weighted by Gasteiger charge is 2.34. The minimum atomic E-state index is 0. The van der Waals surface area contributed by atoms with Crippen molar-refractivity contribution in [2.45, 2.75) is 151 Å². The highest BCUT2D eigenvalue weighted by atomic mass is 79.9. The molecule has 0 bridgehead atoms. The Bertz CT molecular complexity index is 737. The molecule has 2 rings (SSSR count). The topological polar surface area (TPSA) is 0 Å². The van der Waals surface area contributed by atoms with Gasteiger partial charge in [0.2, 0.25) is 0 Å². The Balaban J connectivity index is -0.000000225. The van der Waals surface area contributed by atoms with Gasteiger partial charge in [0.25, 0.3) is 0 Å². The minimum Gasteiger partial charge on any atom is -0.0876 e. The van der Waals surface area contributed by atoms with Crippen LogP contribution >= 0.6 is 15.9 Å². The fourth-order valence-corrected chi connectivity index (χ4v) is 5.20. The standard InChI is InChI=1S/C28H41Br.8CH4/c1-8-25(23-16-12-22(20-29)13-17-23)28(6,7)19-18-26(27(4,5)9-2)24-14-10-21(3)11-15-24;;;;;;;;/h10-17,25-26H,8-9,18-20H2,1-7H3;8*1H4. The van der Waals surface area contributed by atoms with E-state index in [1.807, 2.05) is 0 Å². The van der Waals surface area contributed by atoms with Gasteiger partial charge in [-0.15, -0.1) is 0 Å². The monoisotopic (exact) mass is 584 g/mol. The molecule has 0 aliphatic carbocycles. The lowest BCUT2D eigenvalue weighted by Gasteiger charge is -2.39. The summed E-state index contributed by atoms with van der Waals surface area (Å²) in [6.07, 6.45) is 4.88. The van der Waals surface area contributed by atoms with Crippen LogP contribution in [0.15, 0.2) is 48.5 Å². The van der Waals surface area contributed by atoms with Crippen molar-refractivity contribution in [2.75, 3.05) is 0 Å². The van der Waals surface area contributed by atoms with Crippen molar-refractivity contribution in [1.82, 2.24) is 0 Å². The van der Waals surface area contributed by atoms with Crippen molar-refractivity contribution in [3.05, 3.63) is 70.8 Å². The molecule has 2 aromatic carbocycles. The summed E-state index contributed by atoms with van der Waals surface area (Å²) in [5, 5.41) is 0.928. The van der Waals surface area contributed by atoms with Crippen molar-refractivity contribution in [1.29, 1.82) is 0 Å². The summed E-state index contributed by atoms with van der Waals surface area (Å²) in [4.78, 5) is 0. The maximum absolute atomic E-state index is 3.57. The number of aryl methyl sites for hydroxylation is 1. The second-order valence-electron chi connectivity index (χ2n) is 10.2. The van der Waals surface area contributed by atoms with Gasteiger partial charge in [-0.2, -0.15) is 0 Å². The number of alkyl halides is 1. The molecular formula is C36H73Br. The average Bonchev–Trinajstić information content (AvgIpc) is 2.70. The third-order valence-electron chi connectivity index (χ3n) is 7.30. The predicted octanol–water partition coefficient (Wildman–Crippen LogP) is 14.5. The number of rotatable bonds is 10. The Morgan fingerprint density at radius 2 is 1.03 bits per heavy atom. The summed E-state index contributed by atoms with van der Waals surface area (Å²) in [6, 6.07) is 18.5. The van der Waals surface area contributed by atoms with E-state index in [1.54, 1.807) is 0 Å². The molecule has 0 saturated heterocycles. The van der Waals surface area contributed by atoms with Crippen LogP contribution in [0.5, 0.6) is 0 Å². The summed E-state index contributed by atoms with van der Waals surface area (Å²) in [5.41, 5.74) is 6.28. The van der Waals surface area contributed by atoms with Gasteiger partial charge in [0.05, 0.1) is 0 Å². The summed E-state index contributed by atoms with van der Waals surface area (Å²) < 4.78 is 0. The van der Waals surface area contributed by atoms with Gasteiger partial charge in [0, 0.05) is 5.33 Å². The molecule has 2 atom stereocenters. The normalized spacial score (nSPS) is 11.5. The van der Waals surface area contributed by atoms with Crippen molar-refractivity contribution >= 4 is 15.9 Å². The third kappa shape index (κ3) is 14.0. The SMILES string of the molecule is C.C.C.C.C.C.C.C.CCC(c1ccc(CBr)cc1)C(C)(C)CCC(c1ccc(C)cc1)C(C)(C)CC. The van der Waals surface area contributed by atoms with Gasteiger partial charge in [-0.05, 0) is 65.5 Å². The van der Waals surface area contributed by atoms with Crippen LogP contribution in [-0.4, -0.2) is 0 Å². The van der Waals surface area contributed by atoms with Crippen LogP contribution in [-0.2, 0) is 5.33 Å². The van der Waals surface area contributed by atoms with Gasteiger partial charge in [0.15, 0.2) is 0 Å². The Morgan fingerprint density at radius 3 is 1.41 bits per heavy atom. The maximum Gasteiger partial charge on any atom is 0.0283 e. The molecule has 0 saturated carbocycles. The van der Waals surface area contributed by atoms with E-state index in [4.69, 9.17) is 0 Å². The Hall–Kier alpha value is -1.08. The Kier molecular flexibility index (Phi) is 32.4. The maximum atomic E-state index is 3.57. The first-order valence-electron chi connectivity index (χ1n) is 11.4. The molecule has 0 radical (unpaired) electrons. The van der Waals surface area contributed by atoms with Crippen LogP contribution in [0.1, 0.15) is 161 Å². The van der Waals surface area contributed by atoms with E-state index < -0.39 is 0 Å². The van der Waals surface area contributed by atoms with Crippen molar-refractivity contribution in [3.63, 3.8) is 0 Å². The molecule has 0 aliphatic rings. The number of halogens is 1. The molecule has 0 heterocycles. The molecule has 1 heteroatoms. The van der Waals surface area contributed by atoms with Gasteiger partial charge in [0.1, 0.15) is 0 Å². The lowest BCUT2D eigenvalue weighted by molar-refractivity contribution is 0.197. The molecule has 0 aromatic heterocycles. The molecule has 0 amide bonds. The van der Waals surface area contributed by atoms with Crippen LogP contribution in [0, 0.1) is 17.8 Å². The highest BCUT2D eigenvalue weighted by Crippen LogP contribution is 2.47. The molecular weight excluding hydrogens is 512 g/mol. The van der Waals surface area contributed by atoms with Gasteiger partial charge in [-0.1, -0.05) is 177 Å². The van der Waals surface area contributed by atoms with Crippen LogP contribution in [0.2, 0.25) is 0 Å². The summed E-state index contributed by atoms with van der Waals surface area (Å²) in [7, 11) is 0. The fourth-order valence-electron chi connectivity index (χ4n) is 4.82. The fraction of sp³-hybridized carbons (Fsp3) is 0.667. The summed E-state index contributed by atoms with van der Waals surface area (Å²) in [6.45, 7) is 16.7. The first kappa shape index (κ1) is 52.4. The number of benzene rings is 2. The van der Waals surface area contributed by atoms with Crippen LogP contribution in [0.4, 0.5) is 0 Å². The molecule has 2 unspecified atom stereocenters. The Labute approximate surface area is 247 Å². The Morgan fingerprint density at radius 1 is 0.622 bits per heavy atom. The molecule has 0 nitrogen and oxygen atoms in total. The van der Waals surface area contributed by atoms with Gasteiger partial charge in [-0.25, -0.2) is 0 Å². The van der Waals surface area contributed by atoms with E-state index in [1.165, 1.54) is 47.9 Å². The van der Waals surface area contributed by atoms with Gasteiger partial charge in [-0.3, -0.25) is 0 Å². The first-order valence-corrected chi connectivity index (χ1v) is 12.5. The smallest absolute Gasteiger partial charge is 0.0283 e. The van der Waals surface area contributed by atoms with E-state index in [9.17, 15) is 0 Å². The molecule has 0 N–H and O–H groups in total. The van der Waals surface area contributed by atoms with Gasteiger partial charge >= 0.3 is 0 Å². The number of hydrogen-bond donors (Lipinski definition) is 0. The van der Waals surface area contributed by atoms with Crippen LogP contribution in [0.25, 0.3) is 0 Å². The van der Waals surface area contributed by atoms with Crippen LogP contribution < -0.4 is 0 Å². The molecule has 0 spiro atoms. The second kappa shape index (κ2) is 22.9. The third-order valence-corrected chi connectivity index (χ3v) is 7.95. The van der Waals surface area contributed by atoms with Crippen LogP contribution in [0.3, 0.4) is 0 Å². The molecule has 37 heavy (non-hydrogen) atoms. The zero-order valence-corrected chi connectivity index (χ0v) is 21.3. The molecule has 2 aromatic rings. The van der Waals surface area contributed by atoms with E-state index >= 15 is 0 Å². The average molecular weight is 586 g/mol. The summed E-state index contributed by atoms with van der Waals surface area (Å²) in [5.74, 6) is 1.19. The lowest BCUT2D eigenvalue weighted by Crippen LogP contribution is -2.27.